The van der Waals surface area contributed by atoms with Crippen LogP contribution in [0.1, 0.15) is 38.5 Å². The highest BCUT2D eigenvalue weighted by Gasteiger charge is 2.43. The monoisotopic (exact) mass is 374 g/mol. The minimum absolute atomic E-state index is 0.0248. The van der Waals surface area contributed by atoms with Gasteiger partial charge < -0.3 is 20.1 Å². The van der Waals surface area contributed by atoms with Crippen LogP contribution in [0, 0.1) is 5.92 Å². The summed E-state index contributed by atoms with van der Waals surface area (Å²) in [5, 5.41) is 12.3. The number of piperidine rings is 1. The Kier molecular flexibility index (Phi) is 5.98. The first-order valence-corrected chi connectivity index (χ1v) is 9.51. The highest BCUT2D eigenvalue weighted by atomic mass is 16.5. The number of amides is 2. The smallest absolute Gasteiger partial charge is 0.329 e. The maximum atomic E-state index is 12.5. The van der Waals surface area contributed by atoms with Crippen LogP contribution in [0.2, 0.25) is 0 Å². The summed E-state index contributed by atoms with van der Waals surface area (Å²) in [6.45, 7) is 0.938. The molecule has 1 aromatic carbocycles. The number of carbonyl (C=O) groups excluding carboxylic acids is 2. The van der Waals surface area contributed by atoms with Gasteiger partial charge >= 0.3 is 5.97 Å². The summed E-state index contributed by atoms with van der Waals surface area (Å²) in [5.74, 6) is -0.849. The Morgan fingerprint density at radius 1 is 1.11 bits per heavy atom. The van der Waals surface area contributed by atoms with E-state index in [9.17, 15) is 19.5 Å². The van der Waals surface area contributed by atoms with Gasteiger partial charge in [0.15, 0.2) is 6.61 Å². The van der Waals surface area contributed by atoms with Crippen molar-refractivity contribution in [2.24, 2.45) is 5.92 Å². The van der Waals surface area contributed by atoms with Gasteiger partial charge in [0.25, 0.3) is 5.91 Å². The molecule has 1 aliphatic heterocycles. The van der Waals surface area contributed by atoms with Gasteiger partial charge in [0.2, 0.25) is 5.91 Å². The van der Waals surface area contributed by atoms with Crippen molar-refractivity contribution in [1.29, 1.82) is 0 Å². The maximum absolute atomic E-state index is 12.5. The summed E-state index contributed by atoms with van der Waals surface area (Å²) < 4.78 is 5.49. The summed E-state index contributed by atoms with van der Waals surface area (Å²) in [6, 6.07) is 9.16. The Balaban J connectivity index is 1.46. The molecule has 2 amide bonds. The Morgan fingerprint density at radius 2 is 1.74 bits per heavy atom. The second-order valence-corrected chi connectivity index (χ2v) is 7.34. The van der Waals surface area contributed by atoms with E-state index in [-0.39, 0.29) is 24.3 Å². The fraction of sp³-hybridized carbons (Fsp3) is 0.550. The second kappa shape index (κ2) is 8.41. The molecule has 0 unspecified atom stereocenters. The molecule has 0 spiro atoms. The number of aliphatic carboxylic acids is 1. The average molecular weight is 374 g/mol. The Bertz CT molecular complexity index is 677. The molecule has 0 bridgehead atoms. The van der Waals surface area contributed by atoms with Gasteiger partial charge in [-0.3, -0.25) is 9.59 Å². The van der Waals surface area contributed by atoms with Crippen LogP contribution < -0.4 is 10.1 Å². The molecule has 27 heavy (non-hydrogen) atoms. The van der Waals surface area contributed by atoms with Crippen molar-refractivity contribution in [2.75, 3.05) is 19.7 Å². The van der Waals surface area contributed by atoms with Crippen molar-refractivity contribution < 1.29 is 24.2 Å². The molecule has 1 saturated carbocycles. The number of para-hydroxylation sites is 1. The van der Waals surface area contributed by atoms with Gasteiger partial charge in [-0.05, 0) is 37.8 Å². The number of rotatable bonds is 6. The van der Waals surface area contributed by atoms with Crippen LogP contribution in [-0.2, 0) is 14.4 Å². The first kappa shape index (κ1) is 19.2. The predicted molar refractivity (Wildman–Crippen MR) is 98.2 cm³/mol. The van der Waals surface area contributed by atoms with Gasteiger partial charge in [-0.15, -0.1) is 0 Å². The van der Waals surface area contributed by atoms with E-state index in [1.54, 1.807) is 17.0 Å². The highest BCUT2D eigenvalue weighted by Crippen LogP contribution is 2.31. The Morgan fingerprint density at radius 3 is 2.33 bits per heavy atom. The van der Waals surface area contributed by atoms with Crippen molar-refractivity contribution >= 4 is 17.8 Å². The molecule has 0 atom stereocenters. The largest absolute Gasteiger partial charge is 0.484 e. The SMILES string of the molecule is O=C(NC1(C(=O)O)CCCC1)C1CCN(C(=O)COc2ccccc2)CC1. The first-order chi connectivity index (χ1) is 13.0. The number of hydrogen-bond donors (Lipinski definition) is 2. The number of likely N-dealkylation sites (tertiary alicyclic amines) is 1. The fourth-order valence-electron chi connectivity index (χ4n) is 3.85. The van der Waals surface area contributed by atoms with Crippen molar-refractivity contribution in [3.63, 3.8) is 0 Å². The number of nitrogens with one attached hydrogen (secondary N) is 1. The zero-order valence-corrected chi connectivity index (χ0v) is 15.4. The van der Waals surface area contributed by atoms with E-state index < -0.39 is 11.5 Å². The van der Waals surface area contributed by atoms with Crippen molar-refractivity contribution in [3.05, 3.63) is 30.3 Å². The number of hydrogen-bond acceptors (Lipinski definition) is 4. The number of benzene rings is 1. The predicted octanol–water partition coefficient (Wildman–Crippen LogP) is 1.82. The lowest BCUT2D eigenvalue weighted by Crippen LogP contribution is -2.55. The lowest BCUT2D eigenvalue weighted by atomic mass is 9.92. The molecule has 1 saturated heterocycles. The van der Waals surface area contributed by atoms with Crippen LogP contribution >= 0.6 is 0 Å². The number of nitrogens with zero attached hydrogens (tertiary/aromatic N) is 1. The Labute approximate surface area is 158 Å². The van der Waals surface area contributed by atoms with Crippen molar-refractivity contribution in [1.82, 2.24) is 10.2 Å². The summed E-state index contributed by atoms with van der Waals surface area (Å²) >= 11 is 0. The zero-order valence-electron chi connectivity index (χ0n) is 15.4. The number of ether oxygens (including phenoxy) is 1. The van der Waals surface area contributed by atoms with Crippen LogP contribution in [0.25, 0.3) is 0 Å². The lowest BCUT2D eigenvalue weighted by molar-refractivity contribution is -0.148. The van der Waals surface area contributed by atoms with E-state index in [2.05, 4.69) is 5.32 Å². The van der Waals surface area contributed by atoms with Crippen LogP contribution in [0.4, 0.5) is 0 Å². The van der Waals surface area contributed by atoms with Crippen LogP contribution in [0.5, 0.6) is 5.75 Å². The molecule has 1 heterocycles. The molecule has 2 fully saturated rings. The van der Waals surface area contributed by atoms with Crippen LogP contribution in [0.3, 0.4) is 0 Å². The summed E-state index contributed by atoms with van der Waals surface area (Å²) in [7, 11) is 0. The van der Waals surface area contributed by atoms with E-state index in [1.807, 2.05) is 18.2 Å². The topological polar surface area (TPSA) is 95.9 Å². The summed E-state index contributed by atoms with van der Waals surface area (Å²) in [4.78, 5) is 38.1. The first-order valence-electron chi connectivity index (χ1n) is 9.51. The third-order valence-electron chi connectivity index (χ3n) is 5.55. The number of carboxylic acid groups (broad SMARTS) is 1. The molecular weight excluding hydrogens is 348 g/mol. The number of carbonyl (C=O) groups is 3. The minimum Gasteiger partial charge on any atom is -0.484 e. The van der Waals surface area contributed by atoms with Crippen LogP contribution in [-0.4, -0.2) is 53.0 Å². The van der Waals surface area contributed by atoms with Crippen molar-refractivity contribution in [2.45, 2.75) is 44.1 Å². The molecule has 7 heteroatoms. The van der Waals surface area contributed by atoms with E-state index in [1.165, 1.54) is 0 Å². The molecule has 146 valence electrons. The standard InChI is InChI=1S/C20H26N2O5/c23-17(14-27-16-6-2-1-3-7-16)22-12-8-15(9-13-22)18(24)21-20(19(25)26)10-4-5-11-20/h1-3,6-7,15H,4-5,8-14H2,(H,21,24)(H,25,26). The third kappa shape index (κ3) is 4.59. The van der Waals surface area contributed by atoms with Gasteiger partial charge in [0.1, 0.15) is 11.3 Å². The third-order valence-corrected chi connectivity index (χ3v) is 5.55. The van der Waals surface area contributed by atoms with E-state index in [4.69, 9.17) is 4.74 Å². The van der Waals surface area contributed by atoms with E-state index in [0.29, 0.717) is 44.5 Å². The normalized spacial score (nSPS) is 19.5. The highest BCUT2D eigenvalue weighted by molar-refractivity contribution is 5.88. The molecule has 2 N–H and O–H groups in total. The molecule has 3 rings (SSSR count). The molecule has 2 aliphatic rings. The average Bonchev–Trinajstić information content (AvgIpc) is 3.17. The summed E-state index contributed by atoms with van der Waals surface area (Å²) in [5.41, 5.74) is -1.10. The maximum Gasteiger partial charge on any atom is 0.329 e. The van der Waals surface area contributed by atoms with E-state index >= 15 is 0 Å². The second-order valence-electron chi connectivity index (χ2n) is 7.34. The Hall–Kier alpha value is -2.57. The van der Waals surface area contributed by atoms with Gasteiger partial charge in [-0.1, -0.05) is 31.0 Å². The van der Waals surface area contributed by atoms with Gasteiger partial charge in [-0.2, -0.15) is 0 Å². The quantitative estimate of drug-likeness (QED) is 0.792. The molecule has 1 aromatic rings. The molecule has 7 nitrogen and oxygen atoms in total. The minimum atomic E-state index is -1.10. The van der Waals surface area contributed by atoms with Gasteiger partial charge in [0.05, 0.1) is 0 Å². The van der Waals surface area contributed by atoms with Gasteiger partial charge in [-0.25, -0.2) is 4.79 Å². The van der Waals surface area contributed by atoms with Crippen molar-refractivity contribution in [3.8, 4) is 5.75 Å². The molecule has 1 aliphatic carbocycles. The molecule has 0 aromatic heterocycles. The molecule has 0 radical (unpaired) electrons. The molecular formula is C20H26N2O5. The van der Waals surface area contributed by atoms with Crippen LogP contribution in [0.15, 0.2) is 30.3 Å². The van der Waals surface area contributed by atoms with Gasteiger partial charge in [0, 0.05) is 19.0 Å². The number of carboxylic acids is 1. The van der Waals surface area contributed by atoms with E-state index in [0.717, 1.165) is 12.8 Å². The fourth-order valence-corrected chi connectivity index (χ4v) is 3.85. The summed E-state index contributed by atoms with van der Waals surface area (Å²) in [6.07, 6.45) is 3.70. The zero-order chi connectivity index (χ0) is 19.3. The lowest BCUT2D eigenvalue weighted by Gasteiger charge is -2.33.